The molecule has 0 aliphatic heterocycles. The van der Waals surface area contributed by atoms with Gasteiger partial charge in [0, 0.05) is 12.1 Å². The molecule has 2 rings (SSSR count). The summed E-state index contributed by atoms with van der Waals surface area (Å²) < 4.78 is 44.9. The summed E-state index contributed by atoms with van der Waals surface area (Å²) in [6, 6.07) is 4.19. The van der Waals surface area contributed by atoms with Crippen LogP contribution in [0.5, 0.6) is 5.88 Å². The largest absolute Gasteiger partial charge is 0.476 e. The maximum Gasteiger partial charge on any atom is 0.239 e. The summed E-state index contributed by atoms with van der Waals surface area (Å²) in [6.45, 7) is 2.36. The van der Waals surface area contributed by atoms with Gasteiger partial charge in [0.15, 0.2) is 11.6 Å². The van der Waals surface area contributed by atoms with Crippen LogP contribution in [0, 0.1) is 17.5 Å². The molecule has 1 aromatic heterocycles. The summed E-state index contributed by atoms with van der Waals surface area (Å²) >= 11 is 0. The molecule has 0 saturated heterocycles. The molecule has 0 spiro atoms. The first-order valence-corrected chi connectivity index (χ1v) is 6.32. The molecule has 0 fully saturated rings. The van der Waals surface area contributed by atoms with Crippen LogP contribution in [-0.4, -0.2) is 11.6 Å². The van der Waals surface area contributed by atoms with E-state index in [0.717, 1.165) is 12.5 Å². The van der Waals surface area contributed by atoms with Crippen LogP contribution < -0.4 is 15.8 Å². The van der Waals surface area contributed by atoms with Gasteiger partial charge in [0.1, 0.15) is 11.6 Å². The van der Waals surface area contributed by atoms with Gasteiger partial charge in [-0.2, -0.15) is 4.98 Å². The minimum absolute atomic E-state index is 0.199. The second-order valence-electron chi connectivity index (χ2n) is 4.31. The van der Waals surface area contributed by atoms with Crippen molar-refractivity contribution in [2.24, 2.45) is 0 Å². The standard InChI is InChI=1S/C14H14F3N3O/c1-2-5-21-14-11(18)3-4-13(20-14)19-12-7-9(16)8(15)6-10(12)17/h3-4,6-7H,2,5,18H2,1H3,(H,19,20). The number of nitrogen functional groups attached to an aromatic ring is 1. The summed E-state index contributed by atoms with van der Waals surface area (Å²) in [5.41, 5.74) is 5.80. The SMILES string of the molecule is CCCOc1nc(Nc2cc(F)c(F)cc2F)ccc1N. The van der Waals surface area contributed by atoms with Crippen LogP contribution >= 0.6 is 0 Å². The Bertz CT molecular complexity index is 650. The molecule has 0 radical (unpaired) electrons. The Kier molecular flexibility index (Phi) is 4.52. The number of halogens is 3. The lowest BCUT2D eigenvalue weighted by Gasteiger charge is -2.11. The van der Waals surface area contributed by atoms with Crippen LogP contribution in [0.1, 0.15) is 13.3 Å². The average molecular weight is 297 g/mol. The highest BCUT2D eigenvalue weighted by molar-refractivity contribution is 5.61. The van der Waals surface area contributed by atoms with Crippen molar-refractivity contribution >= 4 is 17.2 Å². The van der Waals surface area contributed by atoms with E-state index in [2.05, 4.69) is 10.3 Å². The van der Waals surface area contributed by atoms with Crippen molar-refractivity contribution in [3.05, 3.63) is 41.7 Å². The van der Waals surface area contributed by atoms with Gasteiger partial charge in [-0.3, -0.25) is 0 Å². The first kappa shape index (κ1) is 15.0. The molecule has 3 N–H and O–H groups in total. The van der Waals surface area contributed by atoms with Crippen LogP contribution in [-0.2, 0) is 0 Å². The summed E-state index contributed by atoms with van der Waals surface area (Å²) in [5.74, 6) is -2.93. The maximum atomic E-state index is 13.5. The third-order valence-electron chi connectivity index (χ3n) is 2.61. The number of rotatable bonds is 5. The number of nitrogens with two attached hydrogens (primary N) is 1. The highest BCUT2D eigenvalue weighted by atomic mass is 19.2. The van der Waals surface area contributed by atoms with Crippen molar-refractivity contribution in [1.29, 1.82) is 0 Å². The van der Waals surface area contributed by atoms with Gasteiger partial charge in [-0.1, -0.05) is 6.92 Å². The van der Waals surface area contributed by atoms with E-state index in [9.17, 15) is 13.2 Å². The van der Waals surface area contributed by atoms with Crippen LogP contribution in [0.15, 0.2) is 24.3 Å². The highest BCUT2D eigenvalue weighted by Crippen LogP contribution is 2.25. The Morgan fingerprint density at radius 2 is 1.86 bits per heavy atom. The van der Waals surface area contributed by atoms with E-state index in [4.69, 9.17) is 10.5 Å². The predicted octanol–water partition coefficient (Wildman–Crippen LogP) is 3.61. The van der Waals surface area contributed by atoms with E-state index in [1.807, 2.05) is 6.92 Å². The molecule has 0 bridgehead atoms. The molecule has 1 heterocycles. The number of pyridine rings is 1. The van der Waals surface area contributed by atoms with Gasteiger partial charge in [0.25, 0.3) is 0 Å². The number of nitrogens with one attached hydrogen (secondary N) is 1. The average Bonchev–Trinajstić information content (AvgIpc) is 2.45. The highest BCUT2D eigenvalue weighted by Gasteiger charge is 2.11. The normalized spacial score (nSPS) is 10.5. The predicted molar refractivity (Wildman–Crippen MR) is 74.0 cm³/mol. The molecule has 0 amide bonds. The molecule has 1 aromatic carbocycles. The topological polar surface area (TPSA) is 60.2 Å². The third kappa shape index (κ3) is 3.56. The quantitative estimate of drug-likeness (QED) is 0.828. The molecule has 21 heavy (non-hydrogen) atoms. The van der Waals surface area contributed by atoms with Gasteiger partial charge < -0.3 is 15.8 Å². The van der Waals surface area contributed by atoms with Gasteiger partial charge in [-0.15, -0.1) is 0 Å². The van der Waals surface area contributed by atoms with Crippen molar-refractivity contribution in [2.75, 3.05) is 17.7 Å². The smallest absolute Gasteiger partial charge is 0.239 e. The lowest BCUT2D eigenvalue weighted by molar-refractivity contribution is 0.307. The first-order valence-electron chi connectivity index (χ1n) is 6.32. The van der Waals surface area contributed by atoms with E-state index >= 15 is 0 Å². The van der Waals surface area contributed by atoms with Crippen LogP contribution in [0.25, 0.3) is 0 Å². The van der Waals surface area contributed by atoms with E-state index in [-0.39, 0.29) is 17.4 Å². The zero-order valence-electron chi connectivity index (χ0n) is 11.3. The molecule has 7 heteroatoms. The number of hydrogen-bond donors (Lipinski definition) is 2. The van der Waals surface area contributed by atoms with Crippen LogP contribution in [0.4, 0.5) is 30.4 Å². The van der Waals surface area contributed by atoms with Crippen LogP contribution in [0.3, 0.4) is 0 Å². The minimum atomic E-state index is -1.25. The van der Waals surface area contributed by atoms with Gasteiger partial charge in [-0.25, -0.2) is 13.2 Å². The zero-order valence-corrected chi connectivity index (χ0v) is 11.3. The Morgan fingerprint density at radius 3 is 2.57 bits per heavy atom. The molecule has 4 nitrogen and oxygen atoms in total. The van der Waals surface area contributed by atoms with Gasteiger partial charge in [0.05, 0.1) is 18.0 Å². The molecule has 0 atom stereocenters. The van der Waals surface area contributed by atoms with Crippen LogP contribution in [0.2, 0.25) is 0 Å². The fourth-order valence-electron chi connectivity index (χ4n) is 1.59. The molecule has 0 saturated carbocycles. The number of anilines is 3. The van der Waals surface area contributed by atoms with E-state index in [1.165, 1.54) is 12.1 Å². The van der Waals surface area contributed by atoms with E-state index in [0.29, 0.717) is 18.4 Å². The van der Waals surface area contributed by atoms with E-state index < -0.39 is 17.5 Å². The van der Waals surface area contributed by atoms with Gasteiger partial charge in [-0.05, 0) is 18.6 Å². The fourth-order valence-corrected chi connectivity index (χ4v) is 1.59. The Labute approximate surface area is 119 Å². The Balaban J connectivity index is 2.25. The fraction of sp³-hybridized carbons (Fsp3) is 0.214. The number of benzene rings is 1. The molecular formula is C14H14F3N3O. The lowest BCUT2D eigenvalue weighted by atomic mass is 10.2. The second-order valence-corrected chi connectivity index (χ2v) is 4.31. The van der Waals surface area contributed by atoms with Crippen molar-refractivity contribution in [2.45, 2.75) is 13.3 Å². The minimum Gasteiger partial charge on any atom is -0.476 e. The van der Waals surface area contributed by atoms with E-state index in [1.54, 1.807) is 0 Å². The summed E-state index contributed by atoms with van der Waals surface area (Å²) in [6.07, 6.45) is 0.774. The van der Waals surface area contributed by atoms with Crippen molar-refractivity contribution < 1.29 is 17.9 Å². The zero-order chi connectivity index (χ0) is 15.4. The number of aromatic nitrogens is 1. The molecule has 0 unspecified atom stereocenters. The Hall–Kier alpha value is -2.44. The number of nitrogens with zero attached hydrogens (tertiary/aromatic N) is 1. The molecule has 112 valence electrons. The summed E-state index contributed by atoms with van der Waals surface area (Å²) in [7, 11) is 0. The van der Waals surface area contributed by atoms with Gasteiger partial charge in [0.2, 0.25) is 5.88 Å². The number of ether oxygens (including phenoxy) is 1. The summed E-state index contributed by atoms with van der Waals surface area (Å²) in [5, 5.41) is 2.56. The Morgan fingerprint density at radius 1 is 1.14 bits per heavy atom. The molecule has 0 aliphatic rings. The lowest BCUT2D eigenvalue weighted by Crippen LogP contribution is -2.04. The molecule has 0 aliphatic carbocycles. The number of hydrogen-bond acceptors (Lipinski definition) is 4. The van der Waals surface area contributed by atoms with Crippen molar-refractivity contribution in [3.63, 3.8) is 0 Å². The third-order valence-corrected chi connectivity index (χ3v) is 2.61. The summed E-state index contributed by atoms with van der Waals surface area (Å²) in [4.78, 5) is 4.06. The van der Waals surface area contributed by atoms with Crippen molar-refractivity contribution in [1.82, 2.24) is 4.98 Å². The second kappa shape index (κ2) is 6.34. The van der Waals surface area contributed by atoms with Crippen molar-refractivity contribution in [3.8, 4) is 5.88 Å². The first-order chi connectivity index (χ1) is 10.0. The molecular weight excluding hydrogens is 283 g/mol. The monoisotopic (exact) mass is 297 g/mol. The van der Waals surface area contributed by atoms with Gasteiger partial charge >= 0.3 is 0 Å². The molecule has 2 aromatic rings. The maximum absolute atomic E-state index is 13.5.